The molecule has 0 aliphatic heterocycles. The molecule has 0 aliphatic carbocycles. The maximum atomic E-state index is 12.0. The summed E-state index contributed by atoms with van der Waals surface area (Å²) in [6.07, 6.45) is 1.20. The third-order valence-electron chi connectivity index (χ3n) is 2.57. The van der Waals surface area contributed by atoms with E-state index in [4.69, 9.17) is 14.2 Å². The van der Waals surface area contributed by atoms with E-state index in [0.29, 0.717) is 36.7 Å². The molecule has 0 saturated heterocycles. The minimum absolute atomic E-state index is 0.0758. The van der Waals surface area contributed by atoms with E-state index in [1.807, 2.05) is 6.92 Å². The van der Waals surface area contributed by atoms with Crippen molar-refractivity contribution in [3.8, 4) is 11.5 Å². The van der Waals surface area contributed by atoms with E-state index < -0.39 is 0 Å². The fourth-order valence-corrected chi connectivity index (χ4v) is 1.59. The first kappa shape index (κ1) is 14.5. The number of methoxy groups -OCH3 is 2. The molecular weight excluding hydrogens is 232 g/mol. The Bertz CT molecular complexity index is 365. The SMILES string of the molecule is CCOCCCC(=O)c1cc(OC)cc(OC)c1. The van der Waals surface area contributed by atoms with Crippen molar-refractivity contribution >= 4 is 5.78 Å². The van der Waals surface area contributed by atoms with Crippen LogP contribution in [0.4, 0.5) is 0 Å². The molecular formula is C14H20O4. The summed E-state index contributed by atoms with van der Waals surface area (Å²) >= 11 is 0. The van der Waals surface area contributed by atoms with Crippen LogP contribution in [0.25, 0.3) is 0 Å². The zero-order chi connectivity index (χ0) is 13.4. The smallest absolute Gasteiger partial charge is 0.163 e. The summed E-state index contributed by atoms with van der Waals surface area (Å²) in [6.45, 7) is 3.24. The van der Waals surface area contributed by atoms with Crippen molar-refractivity contribution in [3.63, 3.8) is 0 Å². The van der Waals surface area contributed by atoms with Crippen molar-refractivity contribution < 1.29 is 19.0 Å². The van der Waals surface area contributed by atoms with Crippen LogP contribution in [0.2, 0.25) is 0 Å². The van der Waals surface area contributed by atoms with E-state index >= 15 is 0 Å². The van der Waals surface area contributed by atoms with Gasteiger partial charge in [-0.05, 0) is 25.5 Å². The Hall–Kier alpha value is -1.55. The van der Waals surface area contributed by atoms with Crippen LogP contribution in [0, 0.1) is 0 Å². The topological polar surface area (TPSA) is 44.8 Å². The van der Waals surface area contributed by atoms with Gasteiger partial charge >= 0.3 is 0 Å². The highest BCUT2D eigenvalue weighted by Gasteiger charge is 2.09. The average Bonchev–Trinajstić information content (AvgIpc) is 2.42. The number of hydrogen-bond donors (Lipinski definition) is 0. The summed E-state index contributed by atoms with van der Waals surface area (Å²) in [5.74, 6) is 1.33. The Labute approximate surface area is 108 Å². The summed E-state index contributed by atoms with van der Waals surface area (Å²) in [5.41, 5.74) is 0.614. The zero-order valence-electron chi connectivity index (χ0n) is 11.2. The van der Waals surface area contributed by atoms with Crippen LogP contribution in [-0.2, 0) is 4.74 Å². The molecule has 0 unspecified atom stereocenters. The summed E-state index contributed by atoms with van der Waals surface area (Å²) in [4.78, 5) is 12.0. The van der Waals surface area contributed by atoms with Crippen molar-refractivity contribution in [1.29, 1.82) is 0 Å². The summed E-state index contributed by atoms with van der Waals surface area (Å²) in [5, 5.41) is 0. The van der Waals surface area contributed by atoms with Crippen molar-refractivity contribution in [3.05, 3.63) is 23.8 Å². The Kier molecular flexibility index (Phi) is 6.22. The number of ether oxygens (including phenoxy) is 3. The molecule has 1 aromatic rings. The van der Waals surface area contributed by atoms with Gasteiger partial charge in [-0.25, -0.2) is 0 Å². The lowest BCUT2D eigenvalue weighted by Gasteiger charge is -2.08. The Balaban J connectivity index is 2.66. The molecule has 0 amide bonds. The Morgan fingerprint density at radius 3 is 2.22 bits per heavy atom. The van der Waals surface area contributed by atoms with Crippen molar-refractivity contribution in [1.82, 2.24) is 0 Å². The van der Waals surface area contributed by atoms with E-state index in [1.165, 1.54) is 0 Å². The van der Waals surface area contributed by atoms with Crippen molar-refractivity contribution in [2.75, 3.05) is 27.4 Å². The summed E-state index contributed by atoms with van der Waals surface area (Å²) < 4.78 is 15.5. The van der Waals surface area contributed by atoms with E-state index in [9.17, 15) is 4.79 Å². The molecule has 0 aliphatic rings. The lowest BCUT2D eigenvalue weighted by Crippen LogP contribution is -2.03. The zero-order valence-corrected chi connectivity index (χ0v) is 11.2. The Morgan fingerprint density at radius 1 is 1.11 bits per heavy atom. The second-order valence-electron chi connectivity index (χ2n) is 3.82. The third kappa shape index (κ3) is 4.37. The maximum Gasteiger partial charge on any atom is 0.163 e. The van der Waals surface area contributed by atoms with Gasteiger partial charge in [0.2, 0.25) is 0 Å². The first-order chi connectivity index (χ1) is 8.71. The van der Waals surface area contributed by atoms with E-state index in [-0.39, 0.29) is 5.78 Å². The maximum absolute atomic E-state index is 12.0. The second-order valence-corrected chi connectivity index (χ2v) is 3.82. The van der Waals surface area contributed by atoms with Crippen LogP contribution in [0.15, 0.2) is 18.2 Å². The van der Waals surface area contributed by atoms with E-state index in [0.717, 1.165) is 6.42 Å². The number of benzene rings is 1. The van der Waals surface area contributed by atoms with Crippen LogP contribution in [0.3, 0.4) is 0 Å². The molecule has 0 radical (unpaired) electrons. The predicted octanol–water partition coefficient (Wildman–Crippen LogP) is 2.70. The van der Waals surface area contributed by atoms with Gasteiger partial charge in [0.1, 0.15) is 11.5 Å². The Morgan fingerprint density at radius 2 is 1.72 bits per heavy atom. The molecule has 0 bridgehead atoms. The number of rotatable bonds is 8. The first-order valence-electron chi connectivity index (χ1n) is 6.05. The van der Waals surface area contributed by atoms with E-state index in [1.54, 1.807) is 32.4 Å². The van der Waals surface area contributed by atoms with Gasteiger partial charge < -0.3 is 14.2 Å². The molecule has 0 spiro atoms. The summed E-state index contributed by atoms with van der Waals surface area (Å²) in [7, 11) is 3.14. The summed E-state index contributed by atoms with van der Waals surface area (Å²) in [6, 6.07) is 5.20. The molecule has 1 aromatic carbocycles. The van der Waals surface area contributed by atoms with Gasteiger partial charge in [-0.15, -0.1) is 0 Å². The quantitative estimate of drug-likeness (QED) is 0.527. The number of Topliss-reactive ketones (excluding diaryl/α,β-unsaturated/α-hetero) is 1. The lowest BCUT2D eigenvalue weighted by atomic mass is 10.1. The molecule has 4 nitrogen and oxygen atoms in total. The fourth-order valence-electron chi connectivity index (χ4n) is 1.59. The molecule has 0 atom stereocenters. The number of ketones is 1. The molecule has 18 heavy (non-hydrogen) atoms. The number of carbonyl (C=O) groups excluding carboxylic acids is 1. The van der Waals surface area contributed by atoms with E-state index in [2.05, 4.69) is 0 Å². The van der Waals surface area contributed by atoms with Gasteiger partial charge in [-0.1, -0.05) is 0 Å². The van der Waals surface area contributed by atoms with Crippen LogP contribution in [-0.4, -0.2) is 33.2 Å². The molecule has 1 rings (SSSR count). The third-order valence-corrected chi connectivity index (χ3v) is 2.57. The second kappa shape index (κ2) is 7.71. The molecule has 0 heterocycles. The highest BCUT2D eigenvalue weighted by molar-refractivity contribution is 5.96. The molecule has 0 saturated carbocycles. The highest BCUT2D eigenvalue weighted by atomic mass is 16.5. The van der Waals surface area contributed by atoms with Gasteiger partial charge in [-0.3, -0.25) is 4.79 Å². The van der Waals surface area contributed by atoms with Gasteiger partial charge in [0.15, 0.2) is 5.78 Å². The molecule has 0 aromatic heterocycles. The number of carbonyl (C=O) groups is 1. The normalized spacial score (nSPS) is 10.2. The van der Waals surface area contributed by atoms with Crippen LogP contribution < -0.4 is 9.47 Å². The average molecular weight is 252 g/mol. The van der Waals surface area contributed by atoms with Gasteiger partial charge in [0.25, 0.3) is 0 Å². The van der Waals surface area contributed by atoms with Crippen LogP contribution in [0.1, 0.15) is 30.1 Å². The van der Waals surface area contributed by atoms with Crippen molar-refractivity contribution in [2.45, 2.75) is 19.8 Å². The molecule has 100 valence electrons. The lowest BCUT2D eigenvalue weighted by molar-refractivity contribution is 0.0946. The van der Waals surface area contributed by atoms with Gasteiger partial charge in [0.05, 0.1) is 14.2 Å². The van der Waals surface area contributed by atoms with Gasteiger partial charge in [0, 0.05) is 31.3 Å². The highest BCUT2D eigenvalue weighted by Crippen LogP contribution is 2.23. The predicted molar refractivity (Wildman–Crippen MR) is 69.6 cm³/mol. The van der Waals surface area contributed by atoms with Crippen LogP contribution in [0.5, 0.6) is 11.5 Å². The van der Waals surface area contributed by atoms with Crippen LogP contribution >= 0.6 is 0 Å². The minimum atomic E-state index is 0.0758. The standard InChI is InChI=1S/C14H20O4/c1-4-18-7-5-6-14(15)11-8-12(16-2)10-13(9-11)17-3/h8-10H,4-7H2,1-3H3. The molecule has 0 N–H and O–H groups in total. The van der Waals surface area contributed by atoms with Gasteiger partial charge in [-0.2, -0.15) is 0 Å². The number of hydrogen-bond acceptors (Lipinski definition) is 4. The fraction of sp³-hybridized carbons (Fsp3) is 0.500. The largest absolute Gasteiger partial charge is 0.497 e. The molecule has 0 fully saturated rings. The minimum Gasteiger partial charge on any atom is -0.497 e. The molecule has 4 heteroatoms. The van der Waals surface area contributed by atoms with Crippen molar-refractivity contribution in [2.24, 2.45) is 0 Å². The monoisotopic (exact) mass is 252 g/mol. The first-order valence-corrected chi connectivity index (χ1v) is 6.05.